The smallest absolute Gasteiger partial charge is 0.240 e. The summed E-state index contributed by atoms with van der Waals surface area (Å²) < 4.78 is 40.2. The molecule has 3 aromatic carbocycles. The lowest BCUT2D eigenvalue weighted by molar-refractivity contribution is 0.150. The van der Waals surface area contributed by atoms with Gasteiger partial charge < -0.3 is 9.47 Å². The number of nitrogens with zero attached hydrogens (tertiary/aromatic N) is 1. The number of methoxy groups -OCH3 is 2. The van der Waals surface area contributed by atoms with E-state index < -0.39 is 10.0 Å². The van der Waals surface area contributed by atoms with E-state index in [4.69, 9.17) is 9.47 Å². The lowest BCUT2D eigenvalue weighted by Crippen LogP contribution is -2.47. The molecule has 174 valence electrons. The van der Waals surface area contributed by atoms with E-state index in [1.165, 1.54) is 5.56 Å². The van der Waals surface area contributed by atoms with Crippen molar-refractivity contribution in [2.75, 3.05) is 20.8 Å². The minimum Gasteiger partial charge on any atom is -0.493 e. The highest BCUT2D eigenvalue weighted by atomic mass is 32.2. The van der Waals surface area contributed by atoms with Crippen LogP contribution in [0.3, 0.4) is 0 Å². The molecule has 4 rings (SSSR count). The normalized spacial score (nSPS) is 17.2. The Bertz CT molecular complexity index is 1180. The van der Waals surface area contributed by atoms with Crippen molar-refractivity contribution in [3.05, 3.63) is 89.5 Å². The number of rotatable bonds is 8. The standard InChI is InChI=1S/C26H30N2O4S/c1-19(27-33(29,30)22-12-8-5-9-13-22)26-23-17-25(32-3)24(31-2)16-21(23)14-15-28(26)18-20-10-6-4-7-11-20/h4-13,16-17,19,26-27H,14-15,18H2,1-3H3/t19-,26-/m0/s1. The highest BCUT2D eigenvalue weighted by Gasteiger charge is 2.35. The Morgan fingerprint density at radius 2 is 1.58 bits per heavy atom. The number of nitrogens with one attached hydrogen (secondary N) is 1. The van der Waals surface area contributed by atoms with Crippen LogP contribution in [0.5, 0.6) is 11.5 Å². The summed E-state index contributed by atoms with van der Waals surface area (Å²) in [6.45, 7) is 3.45. The van der Waals surface area contributed by atoms with Crippen LogP contribution >= 0.6 is 0 Å². The Morgan fingerprint density at radius 3 is 2.21 bits per heavy atom. The first-order valence-corrected chi connectivity index (χ1v) is 12.5. The molecular weight excluding hydrogens is 436 g/mol. The molecule has 2 atom stereocenters. The molecule has 1 heterocycles. The van der Waals surface area contributed by atoms with Crippen LogP contribution in [0.15, 0.2) is 77.7 Å². The van der Waals surface area contributed by atoms with E-state index in [2.05, 4.69) is 21.8 Å². The van der Waals surface area contributed by atoms with E-state index in [9.17, 15) is 8.42 Å². The van der Waals surface area contributed by atoms with Gasteiger partial charge in [0.15, 0.2) is 11.5 Å². The summed E-state index contributed by atoms with van der Waals surface area (Å²) in [4.78, 5) is 2.59. The fraction of sp³-hybridized carbons (Fsp3) is 0.308. The summed E-state index contributed by atoms with van der Waals surface area (Å²) in [5.41, 5.74) is 3.38. The average molecular weight is 467 g/mol. The molecule has 0 aromatic heterocycles. The van der Waals surface area contributed by atoms with Crippen LogP contribution in [0.2, 0.25) is 0 Å². The SMILES string of the molecule is COc1cc2c(cc1OC)[C@H]([C@H](C)NS(=O)(=O)c1ccccc1)N(Cc1ccccc1)CC2. The van der Waals surface area contributed by atoms with E-state index in [0.29, 0.717) is 11.5 Å². The second-order valence-electron chi connectivity index (χ2n) is 8.28. The average Bonchev–Trinajstić information content (AvgIpc) is 2.83. The molecule has 0 unspecified atom stereocenters. The third-order valence-corrected chi connectivity index (χ3v) is 7.70. The maximum atomic E-state index is 13.1. The summed E-state index contributed by atoms with van der Waals surface area (Å²) >= 11 is 0. The van der Waals surface area contributed by atoms with Crippen molar-refractivity contribution in [1.29, 1.82) is 0 Å². The van der Waals surface area contributed by atoms with Crippen molar-refractivity contribution in [1.82, 2.24) is 9.62 Å². The van der Waals surface area contributed by atoms with Gasteiger partial charge in [-0.3, -0.25) is 4.90 Å². The molecule has 0 fully saturated rings. The fourth-order valence-corrected chi connectivity index (χ4v) is 5.86. The van der Waals surface area contributed by atoms with Crippen LogP contribution in [0.4, 0.5) is 0 Å². The number of ether oxygens (including phenoxy) is 2. The van der Waals surface area contributed by atoms with Gasteiger partial charge in [0.05, 0.1) is 25.2 Å². The fourth-order valence-electron chi connectivity index (χ4n) is 4.59. The van der Waals surface area contributed by atoms with Gasteiger partial charge in [-0.05, 0) is 54.3 Å². The van der Waals surface area contributed by atoms with Gasteiger partial charge in [0.2, 0.25) is 10.0 Å². The Labute approximate surface area is 196 Å². The summed E-state index contributed by atoms with van der Waals surface area (Å²) in [5.74, 6) is 1.32. The topological polar surface area (TPSA) is 67.9 Å². The van der Waals surface area contributed by atoms with Crippen LogP contribution in [-0.2, 0) is 23.0 Å². The summed E-state index contributed by atoms with van der Waals surface area (Å²) in [7, 11) is -0.425. The van der Waals surface area contributed by atoms with Crippen molar-refractivity contribution in [3.63, 3.8) is 0 Å². The van der Waals surface area contributed by atoms with Crippen molar-refractivity contribution in [2.24, 2.45) is 0 Å². The second kappa shape index (κ2) is 9.95. The molecule has 0 bridgehead atoms. The monoisotopic (exact) mass is 466 g/mol. The number of hydrogen-bond donors (Lipinski definition) is 1. The Balaban J connectivity index is 1.72. The van der Waals surface area contributed by atoms with Crippen LogP contribution in [0.1, 0.15) is 29.7 Å². The number of fused-ring (bicyclic) bond motifs is 1. The molecule has 0 radical (unpaired) electrons. The van der Waals surface area contributed by atoms with Gasteiger partial charge in [-0.25, -0.2) is 13.1 Å². The van der Waals surface area contributed by atoms with Gasteiger partial charge >= 0.3 is 0 Å². The van der Waals surface area contributed by atoms with Gasteiger partial charge in [-0.1, -0.05) is 48.5 Å². The molecule has 1 N–H and O–H groups in total. The summed E-state index contributed by atoms with van der Waals surface area (Å²) in [5, 5.41) is 0. The molecule has 0 amide bonds. The van der Waals surface area contributed by atoms with Crippen LogP contribution in [0, 0.1) is 0 Å². The van der Waals surface area contributed by atoms with Gasteiger partial charge in [0.25, 0.3) is 0 Å². The number of hydrogen-bond acceptors (Lipinski definition) is 5. The number of benzene rings is 3. The maximum Gasteiger partial charge on any atom is 0.240 e. The Hall–Kier alpha value is -2.87. The zero-order valence-corrected chi connectivity index (χ0v) is 20.0. The quantitative estimate of drug-likeness (QED) is 0.540. The molecule has 3 aromatic rings. The van der Waals surface area contributed by atoms with E-state index in [0.717, 1.165) is 30.6 Å². The zero-order chi connectivity index (χ0) is 23.4. The predicted molar refractivity (Wildman–Crippen MR) is 129 cm³/mol. The molecule has 0 aliphatic carbocycles. The molecule has 33 heavy (non-hydrogen) atoms. The first-order valence-electron chi connectivity index (χ1n) is 11.0. The van der Waals surface area contributed by atoms with Crippen molar-refractivity contribution in [2.45, 2.75) is 36.9 Å². The highest BCUT2D eigenvalue weighted by Crippen LogP contribution is 2.40. The molecule has 0 saturated heterocycles. The molecule has 1 aliphatic rings. The van der Waals surface area contributed by atoms with E-state index in [-0.39, 0.29) is 17.0 Å². The summed E-state index contributed by atoms with van der Waals surface area (Å²) in [6.07, 6.45) is 0.844. The molecule has 0 saturated carbocycles. The van der Waals surface area contributed by atoms with Crippen LogP contribution in [0.25, 0.3) is 0 Å². The van der Waals surface area contributed by atoms with Gasteiger partial charge in [0, 0.05) is 19.1 Å². The summed E-state index contributed by atoms with van der Waals surface area (Å²) in [6, 6.07) is 22.2. The minimum atomic E-state index is -3.67. The van der Waals surface area contributed by atoms with Crippen LogP contribution in [-0.4, -0.2) is 40.1 Å². The van der Waals surface area contributed by atoms with Gasteiger partial charge in [0.1, 0.15) is 0 Å². The number of sulfonamides is 1. The molecule has 1 aliphatic heterocycles. The zero-order valence-electron chi connectivity index (χ0n) is 19.2. The third-order valence-electron chi connectivity index (χ3n) is 6.12. The highest BCUT2D eigenvalue weighted by molar-refractivity contribution is 7.89. The van der Waals surface area contributed by atoms with Gasteiger partial charge in [-0.2, -0.15) is 0 Å². The molecule has 0 spiro atoms. The minimum absolute atomic E-state index is 0.174. The Kier molecular flexibility index (Phi) is 7.02. The second-order valence-corrected chi connectivity index (χ2v) is 9.99. The lowest BCUT2D eigenvalue weighted by atomic mass is 9.88. The molecule has 7 heteroatoms. The maximum absolute atomic E-state index is 13.1. The molecular formula is C26H30N2O4S. The van der Waals surface area contributed by atoms with Crippen LogP contribution < -0.4 is 14.2 Å². The third kappa shape index (κ3) is 5.05. The lowest BCUT2D eigenvalue weighted by Gasteiger charge is -2.41. The Morgan fingerprint density at radius 1 is 0.970 bits per heavy atom. The largest absolute Gasteiger partial charge is 0.493 e. The van der Waals surface area contributed by atoms with Gasteiger partial charge in [-0.15, -0.1) is 0 Å². The van der Waals surface area contributed by atoms with E-state index >= 15 is 0 Å². The first-order chi connectivity index (χ1) is 15.9. The molecule has 6 nitrogen and oxygen atoms in total. The van der Waals surface area contributed by atoms with E-state index in [1.54, 1.807) is 44.6 Å². The van der Waals surface area contributed by atoms with Crippen molar-refractivity contribution in [3.8, 4) is 11.5 Å². The van der Waals surface area contributed by atoms with Crippen molar-refractivity contribution < 1.29 is 17.9 Å². The van der Waals surface area contributed by atoms with E-state index in [1.807, 2.05) is 37.3 Å². The first kappa shape index (κ1) is 23.3. The predicted octanol–water partition coefficient (Wildman–Crippen LogP) is 4.17. The van der Waals surface area contributed by atoms with Crippen molar-refractivity contribution >= 4 is 10.0 Å².